The minimum atomic E-state index is 0.166. The Morgan fingerprint density at radius 2 is 2.12 bits per heavy atom. The summed E-state index contributed by atoms with van der Waals surface area (Å²) in [6.45, 7) is 5.87. The summed E-state index contributed by atoms with van der Waals surface area (Å²) < 4.78 is 1.22. The lowest BCUT2D eigenvalue weighted by Gasteiger charge is -2.34. The Balaban J connectivity index is 1.52. The van der Waals surface area contributed by atoms with Crippen LogP contribution in [0.5, 0.6) is 0 Å². The summed E-state index contributed by atoms with van der Waals surface area (Å²) in [5.41, 5.74) is 1.06. The monoisotopic (exact) mass is 346 g/mol. The molecule has 1 heterocycles. The molecule has 1 saturated carbocycles. The Labute approximate surface area is 148 Å². The summed E-state index contributed by atoms with van der Waals surface area (Å²) >= 11 is 1.73. The fourth-order valence-corrected chi connectivity index (χ4v) is 4.72. The van der Waals surface area contributed by atoms with Crippen LogP contribution in [0, 0.1) is 11.8 Å². The molecule has 4 atom stereocenters. The number of nitrogens with zero attached hydrogens (tertiary/aromatic N) is 1. The highest BCUT2D eigenvalue weighted by atomic mass is 32.1. The van der Waals surface area contributed by atoms with Gasteiger partial charge in [-0.1, -0.05) is 38.8 Å². The van der Waals surface area contributed by atoms with Crippen LogP contribution in [0.1, 0.15) is 38.1 Å². The maximum Gasteiger partial charge on any atom is 0.275 e. The third-order valence-corrected chi connectivity index (χ3v) is 6.34. The second-order valence-corrected chi connectivity index (χ2v) is 8.44. The molecule has 4 nitrogen and oxygen atoms in total. The van der Waals surface area contributed by atoms with Crippen molar-refractivity contribution in [3.05, 3.63) is 29.3 Å². The Morgan fingerprint density at radius 1 is 1.33 bits per heavy atom. The number of likely N-dealkylation sites (N-methyl/N-ethyl adjacent to an activating group) is 1. The van der Waals surface area contributed by atoms with E-state index in [0.717, 1.165) is 23.5 Å². The fourth-order valence-electron chi connectivity index (χ4n) is 3.63. The normalized spacial score (nSPS) is 25.5. The molecule has 0 saturated heterocycles. The predicted molar refractivity (Wildman–Crippen MR) is 99.2 cm³/mol. The second-order valence-electron chi connectivity index (χ2n) is 7.33. The molecule has 130 valence electrons. The SMILES string of the molecule is C[C@@H]1[C@H](C)CCC[C@H]1NC(=O)C[NH+](C)Cc1nc2ccccc2s1. The molecule has 0 spiro atoms. The van der Waals surface area contributed by atoms with Gasteiger partial charge in [0, 0.05) is 6.04 Å². The molecule has 1 aliphatic carbocycles. The zero-order valence-corrected chi connectivity index (χ0v) is 15.7. The molecular formula is C19H28N3OS+. The molecule has 24 heavy (non-hydrogen) atoms. The standard InChI is InChI=1S/C19H27N3OS/c1-13-7-6-9-15(14(13)2)20-18(23)11-22(3)12-19-21-16-8-4-5-10-17(16)24-19/h4-5,8,10,13-15H,6-7,9,11-12H2,1-3H3,(H,20,23)/p+1/t13-,14-,15-/m1/s1. The van der Waals surface area contributed by atoms with Crippen molar-refractivity contribution in [1.29, 1.82) is 0 Å². The van der Waals surface area contributed by atoms with Crippen LogP contribution in [-0.2, 0) is 11.3 Å². The zero-order valence-electron chi connectivity index (χ0n) is 14.8. The van der Waals surface area contributed by atoms with E-state index in [1.54, 1.807) is 11.3 Å². The molecule has 1 unspecified atom stereocenters. The van der Waals surface area contributed by atoms with Gasteiger partial charge in [0.25, 0.3) is 5.91 Å². The largest absolute Gasteiger partial charge is 0.348 e. The number of carbonyl (C=O) groups excluding carboxylic acids is 1. The highest BCUT2D eigenvalue weighted by Gasteiger charge is 2.28. The zero-order chi connectivity index (χ0) is 17.1. The lowest BCUT2D eigenvalue weighted by atomic mass is 9.78. The van der Waals surface area contributed by atoms with Gasteiger partial charge in [-0.15, -0.1) is 11.3 Å². The van der Waals surface area contributed by atoms with Gasteiger partial charge in [-0.2, -0.15) is 0 Å². The number of para-hydroxylation sites is 1. The first-order valence-corrected chi connectivity index (χ1v) is 9.79. The summed E-state index contributed by atoms with van der Waals surface area (Å²) in [4.78, 5) is 18.2. The minimum Gasteiger partial charge on any atom is -0.348 e. The summed E-state index contributed by atoms with van der Waals surface area (Å²) in [6.07, 6.45) is 3.63. The number of amides is 1. The van der Waals surface area contributed by atoms with E-state index in [4.69, 9.17) is 0 Å². The number of benzene rings is 1. The number of hydrogen-bond donors (Lipinski definition) is 2. The molecule has 2 aromatic rings. The molecule has 1 aromatic heterocycles. The first-order chi connectivity index (χ1) is 11.5. The molecule has 0 aliphatic heterocycles. The van der Waals surface area contributed by atoms with Crippen molar-refractivity contribution in [2.24, 2.45) is 11.8 Å². The highest BCUT2D eigenvalue weighted by molar-refractivity contribution is 7.18. The molecule has 0 bridgehead atoms. The molecule has 1 amide bonds. The van der Waals surface area contributed by atoms with E-state index in [0.29, 0.717) is 24.4 Å². The molecule has 5 heteroatoms. The Morgan fingerprint density at radius 3 is 2.92 bits per heavy atom. The Hall–Kier alpha value is -1.46. The van der Waals surface area contributed by atoms with Gasteiger partial charge >= 0.3 is 0 Å². The lowest BCUT2D eigenvalue weighted by Crippen LogP contribution is -3.09. The quantitative estimate of drug-likeness (QED) is 0.872. The predicted octanol–water partition coefficient (Wildman–Crippen LogP) is 2.25. The molecule has 0 radical (unpaired) electrons. The summed E-state index contributed by atoms with van der Waals surface area (Å²) in [5.74, 6) is 1.45. The molecular weight excluding hydrogens is 318 g/mol. The van der Waals surface area contributed by atoms with Crippen molar-refractivity contribution < 1.29 is 9.69 Å². The number of quaternary nitrogens is 1. The van der Waals surface area contributed by atoms with Gasteiger partial charge in [0.1, 0.15) is 11.6 Å². The first kappa shape index (κ1) is 17.4. The lowest BCUT2D eigenvalue weighted by molar-refractivity contribution is -0.885. The van der Waals surface area contributed by atoms with Crippen LogP contribution in [0.4, 0.5) is 0 Å². The van der Waals surface area contributed by atoms with Crippen molar-refractivity contribution in [3.8, 4) is 0 Å². The number of rotatable bonds is 5. The van der Waals surface area contributed by atoms with E-state index >= 15 is 0 Å². The minimum absolute atomic E-state index is 0.166. The van der Waals surface area contributed by atoms with Crippen molar-refractivity contribution in [2.45, 2.75) is 45.7 Å². The Kier molecular flexibility index (Phi) is 5.51. The van der Waals surface area contributed by atoms with E-state index in [-0.39, 0.29) is 5.91 Å². The number of carbonyl (C=O) groups is 1. The Bertz CT molecular complexity index is 666. The molecule has 3 rings (SSSR count). The summed E-state index contributed by atoms with van der Waals surface area (Å²) in [7, 11) is 2.07. The van der Waals surface area contributed by atoms with E-state index in [1.165, 1.54) is 22.4 Å². The highest BCUT2D eigenvalue weighted by Crippen LogP contribution is 2.29. The summed E-state index contributed by atoms with van der Waals surface area (Å²) in [6, 6.07) is 8.55. The molecule has 1 aliphatic rings. The average molecular weight is 347 g/mol. The van der Waals surface area contributed by atoms with Crippen molar-refractivity contribution in [2.75, 3.05) is 13.6 Å². The van der Waals surface area contributed by atoms with Crippen molar-refractivity contribution in [1.82, 2.24) is 10.3 Å². The third-order valence-electron chi connectivity index (χ3n) is 5.31. The van der Waals surface area contributed by atoms with Crippen molar-refractivity contribution in [3.63, 3.8) is 0 Å². The van der Waals surface area contributed by atoms with Gasteiger partial charge in [0.15, 0.2) is 6.54 Å². The van der Waals surface area contributed by atoms with E-state index in [1.807, 2.05) is 18.2 Å². The summed E-state index contributed by atoms with van der Waals surface area (Å²) in [5, 5.41) is 4.36. The number of nitrogens with one attached hydrogen (secondary N) is 2. The van der Waals surface area contributed by atoms with Gasteiger partial charge in [-0.3, -0.25) is 4.79 Å². The molecule has 1 fully saturated rings. The maximum atomic E-state index is 12.4. The number of thiazole rings is 1. The van der Waals surface area contributed by atoms with E-state index in [2.05, 4.69) is 37.3 Å². The molecule has 1 aromatic carbocycles. The topological polar surface area (TPSA) is 46.4 Å². The van der Waals surface area contributed by atoms with Gasteiger partial charge < -0.3 is 10.2 Å². The average Bonchev–Trinajstić information content (AvgIpc) is 2.93. The van der Waals surface area contributed by atoms with Crippen molar-refractivity contribution >= 4 is 27.5 Å². The first-order valence-electron chi connectivity index (χ1n) is 8.98. The van der Waals surface area contributed by atoms with E-state index < -0.39 is 0 Å². The number of aromatic nitrogens is 1. The van der Waals surface area contributed by atoms with Crippen LogP contribution in [0.25, 0.3) is 10.2 Å². The van der Waals surface area contributed by atoms with Gasteiger partial charge in [-0.05, 0) is 30.4 Å². The van der Waals surface area contributed by atoms with Gasteiger partial charge in [-0.25, -0.2) is 4.98 Å². The van der Waals surface area contributed by atoms with E-state index in [9.17, 15) is 4.79 Å². The van der Waals surface area contributed by atoms with Crippen LogP contribution >= 0.6 is 11.3 Å². The number of fused-ring (bicyclic) bond motifs is 1. The van der Waals surface area contributed by atoms with Crippen LogP contribution in [0.2, 0.25) is 0 Å². The number of hydrogen-bond acceptors (Lipinski definition) is 3. The second kappa shape index (κ2) is 7.62. The third kappa shape index (κ3) is 4.14. The fraction of sp³-hybridized carbons (Fsp3) is 0.579. The molecule has 2 N–H and O–H groups in total. The van der Waals surface area contributed by atoms with Gasteiger partial charge in [0.2, 0.25) is 0 Å². The maximum absolute atomic E-state index is 12.4. The van der Waals surface area contributed by atoms with Gasteiger partial charge in [0.05, 0.1) is 17.3 Å². The van der Waals surface area contributed by atoms with Crippen LogP contribution in [0.3, 0.4) is 0 Å². The smallest absolute Gasteiger partial charge is 0.275 e. The van der Waals surface area contributed by atoms with Crippen LogP contribution in [0.15, 0.2) is 24.3 Å². The van der Waals surface area contributed by atoms with Crippen LogP contribution in [-0.4, -0.2) is 30.5 Å². The van der Waals surface area contributed by atoms with Crippen LogP contribution < -0.4 is 10.2 Å².